The van der Waals surface area contributed by atoms with Gasteiger partial charge in [0.2, 0.25) is 0 Å². The van der Waals surface area contributed by atoms with Gasteiger partial charge in [0, 0.05) is 25.8 Å². The molecule has 1 aromatic carbocycles. The quantitative estimate of drug-likeness (QED) is 0.859. The topological polar surface area (TPSA) is 60.0 Å². The fraction of sp³-hybridized carbons (Fsp3) is 0.429. The number of aromatic nitrogens is 3. The Bertz CT molecular complexity index is 520. The van der Waals surface area contributed by atoms with Crippen molar-refractivity contribution in [1.29, 1.82) is 0 Å². The van der Waals surface area contributed by atoms with Crippen LogP contribution in [0, 0.1) is 0 Å². The second-order valence-corrected chi connectivity index (χ2v) is 4.63. The molecule has 0 aliphatic carbocycles. The SMILES string of the molecule is CCCn1ncnc1CN(C)c1cccc(CN)c1. The largest absolute Gasteiger partial charge is 0.367 e. The standard InChI is InChI=1S/C14H21N5/c1-3-7-19-14(16-11-17-19)10-18(2)13-6-4-5-12(8-13)9-15/h4-6,8,11H,3,7,9-10,15H2,1-2H3. The lowest BCUT2D eigenvalue weighted by atomic mass is 10.2. The summed E-state index contributed by atoms with van der Waals surface area (Å²) in [6.45, 7) is 4.35. The van der Waals surface area contributed by atoms with E-state index in [2.05, 4.69) is 41.1 Å². The highest BCUT2D eigenvalue weighted by atomic mass is 15.3. The lowest BCUT2D eigenvalue weighted by molar-refractivity contribution is 0.566. The first-order chi connectivity index (χ1) is 9.24. The molecule has 1 heterocycles. The van der Waals surface area contributed by atoms with Crippen molar-refractivity contribution < 1.29 is 0 Å². The highest BCUT2D eigenvalue weighted by Gasteiger charge is 2.08. The zero-order valence-corrected chi connectivity index (χ0v) is 11.6. The van der Waals surface area contributed by atoms with Crippen LogP contribution in [0.5, 0.6) is 0 Å². The van der Waals surface area contributed by atoms with Crippen LogP contribution in [0.25, 0.3) is 0 Å². The van der Waals surface area contributed by atoms with Crippen molar-refractivity contribution in [1.82, 2.24) is 14.8 Å². The number of rotatable bonds is 6. The molecule has 102 valence electrons. The van der Waals surface area contributed by atoms with E-state index in [1.165, 1.54) is 0 Å². The molecule has 0 atom stereocenters. The van der Waals surface area contributed by atoms with Gasteiger partial charge in [0.05, 0.1) is 6.54 Å². The molecule has 0 radical (unpaired) electrons. The zero-order chi connectivity index (χ0) is 13.7. The Balaban J connectivity index is 2.11. The molecule has 0 aliphatic heterocycles. The molecule has 2 aromatic rings. The Morgan fingerprint density at radius 1 is 1.37 bits per heavy atom. The maximum atomic E-state index is 5.67. The average Bonchev–Trinajstić information content (AvgIpc) is 2.86. The highest BCUT2D eigenvalue weighted by Crippen LogP contribution is 2.16. The van der Waals surface area contributed by atoms with Crippen LogP contribution in [0.4, 0.5) is 5.69 Å². The highest BCUT2D eigenvalue weighted by molar-refractivity contribution is 5.47. The molecule has 0 aliphatic rings. The number of hydrogen-bond acceptors (Lipinski definition) is 4. The molecule has 0 amide bonds. The predicted octanol–water partition coefficient (Wildman–Crippen LogP) is 1.78. The minimum atomic E-state index is 0.563. The molecular weight excluding hydrogens is 238 g/mol. The van der Waals surface area contributed by atoms with Gasteiger partial charge >= 0.3 is 0 Å². The van der Waals surface area contributed by atoms with Gasteiger partial charge < -0.3 is 10.6 Å². The smallest absolute Gasteiger partial charge is 0.146 e. The van der Waals surface area contributed by atoms with Crippen LogP contribution in [0.3, 0.4) is 0 Å². The van der Waals surface area contributed by atoms with Gasteiger partial charge in [0.25, 0.3) is 0 Å². The van der Waals surface area contributed by atoms with Gasteiger partial charge in [0.1, 0.15) is 12.2 Å². The Morgan fingerprint density at radius 3 is 2.95 bits per heavy atom. The molecule has 5 nitrogen and oxygen atoms in total. The molecule has 5 heteroatoms. The van der Waals surface area contributed by atoms with E-state index < -0.39 is 0 Å². The predicted molar refractivity (Wildman–Crippen MR) is 76.8 cm³/mol. The van der Waals surface area contributed by atoms with Crippen molar-refractivity contribution in [2.75, 3.05) is 11.9 Å². The molecule has 0 bridgehead atoms. The Hall–Kier alpha value is -1.88. The van der Waals surface area contributed by atoms with Gasteiger partial charge in [-0.2, -0.15) is 5.10 Å². The fourth-order valence-electron chi connectivity index (χ4n) is 2.03. The third-order valence-corrected chi connectivity index (χ3v) is 3.10. The van der Waals surface area contributed by atoms with E-state index in [0.29, 0.717) is 6.54 Å². The first-order valence-electron chi connectivity index (χ1n) is 6.61. The number of aryl methyl sites for hydroxylation is 1. The second-order valence-electron chi connectivity index (χ2n) is 4.63. The minimum Gasteiger partial charge on any atom is -0.367 e. The molecule has 0 saturated heterocycles. The molecule has 2 rings (SSSR count). The minimum absolute atomic E-state index is 0.563. The molecule has 0 saturated carbocycles. The van der Waals surface area contributed by atoms with Crippen LogP contribution in [0.2, 0.25) is 0 Å². The Morgan fingerprint density at radius 2 is 2.21 bits per heavy atom. The van der Waals surface area contributed by atoms with E-state index in [1.807, 2.05) is 16.8 Å². The lowest BCUT2D eigenvalue weighted by Gasteiger charge is -2.19. The van der Waals surface area contributed by atoms with E-state index in [9.17, 15) is 0 Å². The van der Waals surface area contributed by atoms with Crippen LogP contribution >= 0.6 is 0 Å². The van der Waals surface area contributed by atoms with Crippen molar-refractivity contribution >= 4 is 5.69 Å². The fourth-order valence-corrected chi connectivity index (χ4v) is 2.03. The monoisotopic (exact) mass is 259 g/mol. The summed E-state index contributed by atoms with van der Waals surface area (Å²) in [7, 11) is 2.06. The van der Waals surface area contributed by atoms with Crippen LogP contribution in [-0.4, -0.2) is 21.8 Å². The van der Waals surface area contributed by atoms with Gasteiger partial charge in [-0.25, -0.2) is 9.67 Å². The van der Waals surface area contributed by atoms with Crippen molar-refractivity contribution in [2.24, 2.45) is 5.73 Å². The normalized spacial score (nSPS) is 10.7. The van der Waals surface area contributed by atoms with Gasteiger partial charge in [-0.1, -0.05) is 19.1 Å². The summed E-state index contributed by atoms with van der Waals surface area (Å²) in [6.07, 6.45) is 2.68. The van der Waals surface area contributed by atoms with E-state index >= 15 is 0 Å². The van der Waals surface area contributed by atoms with Gasteiger partial charge in [0.15, 0.2) is 0 Å². The maximum Gasteiger partial charge on any atom is 0.146 e. The molecule has 0 unspecified atom stereocenters. The number of anilines is 1. The van der Waals surface area contributed by atoms with Gasteiger partial charge in [-0.3, -0.25) is 0 Å². The maximum absolute atomic E-state index is 5.67. The van der Waals surface area contributed by atoms with Crippen molar-refractivity contribution in [3.63, 3.8) is 0 Å². The van der Waals surface area contributed by atoms with E-state index in [0.717, 1.165) is 36.6 Å². The second kappa shape index (κ2) is 6.33. The molecule has 2 N–H and O–H groups in total. The van der Waals surface area contributed by atoms with Gasteiger partial charge in [-0.05, 0) is 24.1 Å². The molecule has 0 spiro atoms. The third-order valence-electron chi connectivity index (χ3n) is 3.10. The first kappa shape index (κ1) is 13.5. The summed E-state index contributed by atoms with van der Waals surface area (Å²) < 4.78 is 1.96. The molecule has 1 aromatic heterocycles. The first-order valence-corrected chi connectivity index (χ1v) is 6.61. The van der Waals surface area contributed by atoms with Crippen LogP contribution in [-0.2, 0) is 19.6 Å². The molecular formula is C14H21N5. The van der Waals surface area contributed by atoms with E-state index in [-0.39, 0.29) is 0 Å². The molecule has 0 fully saturated rings. The number of nitrogens with zero attached hydrogens (tertiary/aromatic N) is 4. The summed E-state index contributed by atoms with van der Waals surface area (Å²) in [5.41, 5.74) is 7.96. The van der Waals surface area contributed by atoms with Crippen molar-refractivity contribution in [2.45, 2.75) is 33.0 Å². The summed E-state index contributed by atoms with van der Waals surface area (Å²) in [6, 6.07) is 8.27. The van der Waals surface area contributed by atoms with Crippen LogP contribution in [0.1, 0.15) is 24.7 Å². The van der Waals surface area contributed by atoms with Crippen LogP contribution in [0.15, 0.2) is 30.6 Å². The number of nitrogens with two attached hydrogens (primary N) is 1. The molecule has 19 heavy (non-hydrogen) atoms. The van der Waals surface area contributed by atoms with Gasteiger partial charge in [-0.15, -0.1) is 0 Å². The summed E-state index contributed by atoms with van der Waals surface area (Å²) in [4.78, 5) is 6.49. The van der Waals surface area contributed by atoms with Crippen molar-refractivity contribution in [3.8, 4) is 0 Å². The lowest BCUT2D eigenvalue weighted by Crippen LogP contribution is -2.20. The van der Waals surface area contributed by atoms with Crippen molar-refractivity contribution in [3.05, 3.63) is 42.0 Å². The van der Waals surface area contributed by atoms with Crippen LogP contribution < -0.4 is 10.6 Å². The summed E-state index contributed by atoms with van der Waals surface area (Å²) in [5, 5.41) is 4.25. The average molecular weight is 259 g/mol. The Kier molecular flexibility index (Phi) is 4.52. The number of hydrogen-bond donors (Lipinski definition) is 1. The summed E-state index contributed by atoms with van der Waals surface area (Å²) >= 11 is 0. The summed E-state index contributed by atoms with van der Waals surface area (Å²) in [5.74, 6) is 0.988. The van der Waals surface area contributed by atoms with E-state index in [4.69, 9.17) is 5.73 Å². The third kappa shape index (κ3) is 3.32. The number of benzene rings is 1. The van der Waals surface area contributed by atoms with E-state index in [1.54, 1.807) is 6.33 Å². The zero-order valence-electron chi connectivity index (χ0n) is 11.6. The Labute approximate surface area is 114 Å².